The van der Waals surface area contributed by atoms with Crippen LogP contribution in [0.5, 0.6) is 0 Å². The maximum absolute atomic E-state index is 13.5. The van der Waals surface area contributed by atoms with Crippen molar-refractivity contribution in [2.24, 2.45) is 35.1 Å². The molecule has 0 rings (SSSR count). The average Bonchev–Trinajstić information content (AvgIpc) is 2.85. The number of unbranched alkanes of at least 4 members (excludes halogenated alkanes) is 1. The number of nitrogens with two attached hydrogens (primary N) is 2. The van der Waals surface area contributed by atoms with Crippen LogP contribution in [0.4, 0.5) is 0 Å². The summed E-state index contributed by atoms with van der Waals surface area (Å²) in [7, 11) is 0. The highest BCUT2D eigenvalue weighted by Crippen LogP contribution is 2.12. The fourth-order valence-electron chi connectivity index (χ4n) is 4.55. The zero-order valence-corrected chi connectivity index (χ0v) is 26.6. The Morgan fingerprint density at radius 2 is 1.00 bits per heavy atom. The predicted molar refractivity (Wildman–Crippen MR) is 162 cm³/mol. The molecule has 0 saturated heterocycles. The summed E-state index contributed by atoms with van der Waals surface area (Å²) in [6, 6.07) is -4.09. The second-order valence-corrected chi connectivity index (χ2v) is 12.8. The Bertz CT molecular complexity index is 817. The Morgan fingerprint density at radius 1 is 0.585 bits per heavy atom. The zero-order chi connectivity index (χ0) is 31.7. The monoisotopic (exact) mass is 582 g/mol. The van der Waals surface area contributed by atoms with E-state index in [1.807, 2.05) is 55.4 Å². The molecule has 238 valence electrons. The Hall–Kier alpha value is -2.53. The molecule has 0 aromatic rings. The first kappa shape index (κ1) is 38.5. The van der Waals surface area contributed by atoms with Gasteiger partial charge in [0, 0.05) is 0 Å². The molecule has 0 aliphatic heterocycles. The summed E-state index contributed by atoms with van der Waals surface area (Å²) in [4.78, 5) is 64.3. The van der Waals surface area contributed by atoms with E-state index in [2.05, 4.69) is 21.3 Å². The van der Waals surface area contributed by atoms with Crippen LogP contribution in [0.1, 0.15) is 100 Å². The molecule has 11 nitrogen and oxygen atoms in total. The number of hydrogen-bond acceptors (Lipinski definition) is 7. The third-order valence-electron chi connectivity index (χ3n) is 6.54. The Morgan fingerprint density at radius 3 is 1.41 bits per heavy atom. The van der Waals surface area contributed by atoms with Crippen LogP contribution < -0.4 is 32.7 Å². The van der Waals surface area contributed by atoms with E-state index >= 15 is 0 Å². The molecule has 41 heavy (non-hydrogen) atoms. The molecular formula is C30H58N6O5. The van der Waals surface area contributed by atoms with E-state index in [0.29, 0.717) is 57.8 Å². The summed E-state index contributed by atoms with van der Waals surface area (Å²) < 4.78 is 0. The van der Waals surface area contributed by atoms with Crippen molar-refractivity contribution in [1.82, 2.24) is 21.3 Å². The number of rotatable bonds is 21. The van der Waals surface area contributed by atoms with Crippen molar-refractivity contribution in [2.75, 3.05) is 6.54 Å². The molecule has 0 saturated carbocycles. The largest absolute Gasteiger partial charge is 0.345 e. The molecule has 0 aliphatic carbocycles. The number of carbonyl (C=O) groups excluding carboxylic acids is 5. The maximum Gasteiger partial charge on any atom is 0.243 e. The van der Waals surface area contributed by atoms with Crippen LogP contribution in [0.15, 0.2) is 0 Å². The van der Waals surface area contributed by atoms with Gasteiger partial charge in [0.15, 0.2) is 0 Å². The van der Waals surface area contributed by atoms with Gasteiger partial charge in [0.1, 0.15) is 24.4 Å². The number of nitrogens with one attached hydrogen (secondary N) is 4. The van der Waals surface area contributed by atoms with Crippen molar-refractivity contribution in [3.63, 3.8) is 0 Å². The number of aldehydes is 1. The molecule has 11 heteroatoms. The van der Waals surface area contributed by atoms with Gasteiger partial charge in [-0.2, -0.15) is 0 Å². The molecule has 0 heterocycles. The van der Waals surface area contributed by atoms with Gasteiger partial charge >= 0.3 is 0 Å². The molecule has 4 amide bonds. The summed E-state index contributed by atoms with van der Waals surface area (Å²) in [5.41, 5.74) is 11.7. The molecule has 5 atom stereocenters. The second kappa shape index (κ2) is 20.4. The van der Waals surface area contributed by atoms with Crippen LogP contribution in [0.2, 0.25) is 0 Å². The third kappa shape index (κ3) is 17.1. The van der Waals surface area contributed by atoms with E-state index in [1.54, 1.807) is 0 Å². The van der Waals surface area contributed by atoms with Crippen molar-refractivity contribution >= 4 is 29.9 Å². The first-order valence-corrected chi connectivity index (χ1v) is 15.2. The van der Waals surface area contributed by atoms with Gasteiger partial charge in [-0.25, -0.2) is 0 Å². The van der Waals surface area contributed by atoms with Crippen LogP contribution >= 0.6 is 0 Å². The Labute approximate surface area is 247 Å². The SMILES string of the molecule is CC(C)C[C@@H](C=O)NC(=O)[C@H](CC(C)C)NC(=O)[C@H](CC(C)C)NC(=O)[C@H](CCCCN)NC(=O)[C@@H](N)CC(C)C. The van der Waals surface area contributed by atoms with Gasteiger partial charge in [0.2, 0.25) is 23.6 Å². The van der Waals surface area contributed by atoms with E-state index in [-0.39, 0.29) is 23.7 Å². The number of amides is 4. The molecule has 8 N–H and O–H groups in total. The lowest BCUT2D eigenvalue weighted by Gasteiger charge is -2.28. The van der Waals surface area contributed by atoms with Gasteiger partial charge in [-0.3, -0.25) is 19.2 Å². The summed E-state index contributed by atoms with van der Waals surface area (Å²) in [5, 5.41) is 11.1. The van der Waals surface area contributed by atoms with E-state index in [4.69, 9.17) is 11.5 Å². The highest BCUT2D eigenvalue weighted by Gasteiger charge is 2.31. The van der Waals surface area contributed by atoms with Crippen molar-refractivity contribution in [3.05, 3.63) is 0 Å². The van der Waals surface area contributed by atoms with Gasteiger partial charge in [0.05, 0.1) is 12.1 Å². The van der Waals surface area contributed by atoms with Crippen LogP contribution in [0.3, 0.4) is 0 Å². The molecule has 0 unspecified atom stereocenters. The minimum absolute atomic E-state index is 0.0543. The lowest BCUT2D eigenvalue weighted by molar-refractivity contribution is -0.134. The predicted octanol–water partition coefficient (Wildman–Crippen LogP) is 1.77. The second-order valence-electron chi connectivity index (χ2n) is 12.8. The minimum atomic E-state index is -0.930. The van der Waals surface area contributed by atoms with Gasteiger partial charge < -0.3 is 37.5 Å². The molecule has 0 bridgehead atoms. The van der Waals surface area contributed by atoms with Crippen molar-refractivity contribution in [1.29, 1.82) is 0 Å². The topological polar surface area (TPSA) is 186 Å². The molecule has 0 fully saturated rings. The number of hydrogen-bond donors (Lipinski definition) is 6. The van der Waals surface area contributed by atoms with Crippen molar-refractivity contribution < 1.29 is 24.0 Å². The minimum Gasteiger partial charge on any atom is -0.345 e. The van der Waals surface area contributed by atoms with Crippen molar-refractivity contribution in [2.45, 2.75) is 131 Å². The molecule has 0 spiro atoms. The van der Waals surface area contributed by atoms with E-state index < -0.39 is 53.8 Å². The Kier molecular flexibility index (Phi) is 19.1. The molecule has 0 aliphatic rings. The van der Waals surface area contributed by atoms with E-state index in [0.717, 1.165) is 0 Å². The molecule has 0 aromatic carbocycles. The lowest BCUT2D eigenvalue weighted by Crippen LogP contribution is -2.58. The molecule has 0 aromatic heterocycles. The van der Waals surface area contributed by atoms with Crippen LogP contribution in [0.25, 0.3) is 0 Å². The summed E-state index contributed by atoms with van der Waals surface area (Å²) in [5.74, 6) is -1.30. The highest BCUT2D eigenvalue weighted by molar-refractivity contribution is 5.95. The fourth-order valence-corrected chi connectivity index (χ4v) is 4.55. The average molecular weight is 583 g/mol. The third-order valence-corrected chi connectivity index (χ3v) is 6.54. The normalized spacial score (nSPS) is 15.3. The highest BCUT2D eigenvalue weighted by atomic mass is 16.2. The molecule has 0 radical (unpaired) electrons. The quantitative estimate of drug-likeness (QED) is 0.0879. The maximum atomic E-state index is 13.5. The molecular weight excluding hydrogens is 524 g/mol. The smallest absolute Gasteiger partial charge is 0.243 e. The summed E-state index contributed by atoms with van der Waals surface area (Å²) in [6.07, 6.45) is 4.00. The van der Waals surface area contributed by atoms with Gasteiger partial charge in [-0.15, -0.1) is 0 Å². The number of carbonyl (C=O) groups is 5. The zero-order valence-electron chi connectivity index (χ0n) is 26.6. The lowest BCUT2D eigenvalue weighted by atomic mass is 9.98. The van der Waals surface area contributed by atoms with Gasteiger partial charge in [0.25, 0.3) is 0 Å². The van der Waals surface area contributed by atoms with Gasteiger partial charge in [-0.1, -0.05) is 55.4 Å². The standard InChI is InChI=1S/C30H58N6O5/c1-18(2)13-22(17-37)33-29(40)25(15-20(5)6)36-30(41)26(16-21(7)8)35-28(39)24(11-9-10-12-31)34-27(38)23(32)14-19(3)4/h17-26H,9-16,31-32H2,1-8H3,(H,33,40)(H,34,38)(H,35,39)(H,36,41)/t22-,23-,24-,25-,26-/m0/s1. The fraction of sp³-hybridized carbons (Fsp3) is 0.833. The van der Waals surface area contributed by atoms with Gasteiger partial charge in [-0.05, 0) is 75.2 Å². The van der Waals surface area contributed by atoms with E-state index in [1.165, 1.54) is 0 Å². The summed E-state index contributed by atoms with van der Waals surface area (Å²) in [6.45, 7) is 16.0. The van der Waals surface area contributed by atoms with E-state index in [9.17, 15) is 24.0 Å². The van der Waals surface area contributed by atoms with Crippen LogP contribution in [-0.2, 0) is 24.0 Å². The Balaban J connectivity index is 5.79. The summed E-state index contributed by atoms with van der Waals surface area (Å²) >= 11 is 0. The van der Waals surface area contributed by atoms with Crippen molar-refractivity contribution in [3.8, 4) is 0 Å². The van der Waals surface area contributed by atoms with Crippen LogP contribution in [0, 0.1) is 23.7 Å². The first-order valence-electron chi connectivity index (χ1n) is 15.2. The van der Waals surface area contributed by atoms with Crippen LogP contribution in [-0.4, -0.2) is 66.7 Å². The first-order chi connectivity index (χ1) is 19.1.